The molecule has 45 heavy (non-hydrogen) atoms. The second-order valence-corrected chi connectivity index (χ2v) is 11.6. The van der Waals surface area contributed by atoms with Crippen LogP contribution in [0.25, 0.3) is 11.6 Å². The molecule has 0 saturated heterocycles. The zero-order chi connectivity index (χ0) is 31.6. The van der Waals surface area contributed by atoms with Crippen LogP contribution in [0.1, 0.15) is 38.2 Å². The molecule has 1 aromatic heterocycles. The number of benzene rings is 4. The number of hydrogen-bond donors (Lipinski definition) is 1. The molecule has 0 fully saturated rings. The number of hydrogen-bond acceptors (Lipinski definition) is 4. The van der Waals surface area contributed by atoms with Crippen LogP contribution in [-0.2, 0) is 30.6 Å². The Labute approximate surface area is 266 Å². The number of allylic oxidation sites excluding steroid dienone is 1. The Hall–Kier alpha value is -4.82. The Kier molecular flexibility index (Phi) is 10.7. The molecule has 5 nitrogen and oxygen atoms in total. The highest BCUT2D eigenvalue weighted by molar-refractivity contribution is 7.98. The SMILES string of the molecule is CSc1cccc(CC(=O)CNC(=O)c2cc(C=C(Cn3ccnc3)c3ccc(F)cc3)ccc2CCc2ccc(F)cc2)c1. The van der Waals surface area contributed by atoms with Crippen molar-refractivity contribution >= 4 is 35.1 Å². The molecule has 4 aromatic carbocycles. The molecule has 1 amide bonds. The molecule has 5 rings (SSSR count). The van der Waals surface area contributed by atoms with Crippen molar-refractivity contribution in [2.75, 3.05) is 12.8 Å². The van der Waals surface area contributed by atoms with Gasteiger partial charge in [-0.2, -0.15) is 0 Å². The third kappa shape index (κ3) is 9.09. The van der Waals surface area contributed by atoms with Gasteiger partial charge in [0.1, 0.15) is 11.6 Å². The van der Waals surface area contributed by atoms with E-state index >= 15 is 0 Å². The number of carbonyl (C=O) groups excluding carboxylic acids is 2. The first-order chi connectivity index (χ1) is 21.9. The fourth-order valence-corrected chi connectivity index (χ4v) is 5.54. The zero-order valence-electron chi connectivity index (χ0n) is 24.9. The number of halogens is 2. The molecule has 0 bridgehead atoms. The zero-order valence-corrected chi connectivity index (χ0v) is 25.7. The van der Waals surface area contributed by atoms with Crippen LogP contribution in [-0.4, -0.2) is 34.0 Å². The number of rotatable bonds is 13. The summed E-state index contributed by atoms with van der Waals surface area (Å²) < 4.78 is 29.1. The van der Waals surface area contributed by atoms with E-state index in [-0.39, 0.29) is 36.3 Å². The maximum Gasteiger partial charge on any atom is 0.251 e. The minimum atomic E-state index is -0.344. The van der Waals surface area contributed by atoms with E-state index in [9.17, 15) is 18.4 Å². The van der Waals surface area contributed by atoms with Crippen LogP contribution in [0.15, 0.2) is 115 Å². The summed E-state index contributed by atoms with van der Waals surface area (Å²) in [7, 11) is 0. The summed E-state index contributed by atoms with van der Waals surface area (Å²) in [5, 5.41) is 2.83. The standard InChI is InChI=1S/C37H33F2N3O2S/c1-45-35-4-2-3-27(21-35)20-34(43)23-41-37(44)36-22-28(6-10-30(36)9-5-26-7-13-32(38)14-8-26)19-31(24-42-18-17-40-25-42)29-11-15-33(39)16-12-29/h2-4,6-8,10-19,21-22,25H,5,9,20,23-24H2,1H3,(H,41,44). The molecule has 0 aliphatic carbocycles. The van der Waals surface area contributed by atoms with Gasteiger partial charge >= 0.3 is 0 Å². The Morgan fingerprint density at radius 3 is 2.36 bits per heavy atom. The van der Waals surface area contributed by atoms with Gasteiger partial charge in [0.15, 0.2) is 5.78 Å². The number of thioether (sulfide) groups is 1. The van der Waals surface area contributed by atoms with E-state index in [1.54, 1.807) is 48.6 Å². The molecule has 1 N–H and O–H groups in total. The minimum Gasteiger partial charge on any atom is -0.345 e. The summed E-state index contributed by atoms with van der Waals surface area (Å²) in [6.45, 7) is 0.396. The number of nitrogens with one attached hydrogen (secondary N) is 1. The molecule has 0 aliphatic heterocycles. The van der Waals surface area contributed by atoms with E-state index < -0.39 is 0 Å². The topological polar surface area (TPSA) is 64.0 Å². The van der Waals surface area contributed by atoms with E-state index in [1.807, 2.05) is 65.6 Å². The van der Waals surface area contributed by atoms with Crippen molar-refractivity contribution in [2.45, 2.75) is 30.7 Å². The van der Waals surface area contributed by atoms with Crippen LogP contribution >= 0.6 is 11.8 Å². The van der Waals surface area contributed by atoms with Crippen molar-refractivity contribution in [1.82, 2.24) is 14.9 Å². The molecule has 0 aliphatic rings. The number of nitrogens with zero attached hydrogens (tertiary/aromatic N) is 2. The third-order valence-corrected chi connectivity index (χ3v) is 8.15. The normalized spacial score (nSPS) is 11.4. The van der Waals surface area contributed by atoms with Crippen LogP contribution in [0, 0.1) is 11.6 Å². The van der Waals surface area contributed by atoms with Crippen molar-refractivity contribution in [2.24, 2.45) is 0 Å². The van der Waals surface area contributed by atoms with E-state index in [0.29, 0.717) is 24.9 Å². The quantitative estimate of drug-likeness (QED) is 0.110. The van der Waals surface area contributed by atoms with Crippen LogP contribution < -0.4 is 5.32 Å². The van der Waals surface area contributed by atoms with Crippen molar-refractivity contribution in [3.63, 3.8) is 0 Å². The Morgan fingerprint density at radius 1 is 0.889 bits per heavy atom. The average Bonchev–Trinajstić information content (AvgIpc) is 3.57. The van der Waals surface area contributed by atoms with Crippen molar-refractivity contribution in [3.8, 4) is 0 Å². The maximum absolute atomic E-state index is 13.7. The molecule has 1 heterocycles. The lowest BCUT2D eigenvalue weighted by molar-refractivity contribution is -0.117. The molecule has 0 unspecified atom stereocenters. The van der Waals surface area contributed by atoms with Gasteiger partial charge in [0.25, 0.3) is 5.91 Å². The predicted molar refractivity (Wildman–Crippen MR) is 176 cm³/mol. The first kappa shape index (κ1) is 31.6. The van der Waals surface area contributed by atoms with Crippen molar-refractivity contribution in [3.05, 3.63) is 155 Å². The number of aromatic nitrogens is 2. The molecule has 0 atom stereocenters. The van der Waals surface area contributed by atoms with E-state index in [0.717, 1.165) is 38.3 Å². The number of ketones is 1. The largest absolute Gasteiger partial charge is 0.345 e. The summed E-state index contributed by atoms with van der Waals surface area (Å²) in [6, 6.07) is 26.1. The first-order valence-corrected chi connectivity index (χ1v) is 15.8. The average molecular weight is 622 g/mol. The van der Waals surface area contributed by atoms with Crippen LogP contribution in [0.4, 0.5) is 8.78 Å². The molecular formula is C37H33F2N3O2S. The lowest BCUT2D eigenvalue weighted by Gasteiger charge is -2.14. The van der Waals surface area contributed by atoms with E-state index in [4.69, 9.17) is 0 Å². The highest BCUT2D eigenvalue weighted by Crippen LogP contribution is 2.24. The van der Waals surface area contributed by atoms with Gasteiger partial charge in [-0.25, -0.2) is 13.8 Å². The van der Waals surface area contributed by atoms with Crippen LogP contribution in [0.2, 0.25) is 0 Å². The first-order valence-electron chi connectivity index (χ1n) is 14.6. The lowest BCUT2D eigenvalue weighted by Crippen LogP contribution is -2.31. The highest BCUT2D eigenvalue weighted by atomic mass is 32.2. The van der Waals surface area contributed by atoms with Crippen molar-refractivity contribution in [1.29, 1.82) is 0 Å². The highest BCUT2D eigenvalue weighted by Gasteiger charge is 2.15. The number of imidazole rings is 1. The van der Waals surface area contributed by atoms with E-state index in [2.05, 4.69) is 10.3 Å². The number of amides is 1. The van der Waals surface area contributed by atoms with E-state index in [1.165, 1.54) is 24.3 Å². The van der Waals surface area contributed by atoms with Gasteiger partial charge < -0.3 is 9.88 Å². The fraction of sp³-hybridized carbons (Fsp3) is 0.162. The summed E-state index contributed by atoms with van der Waals surface area (Å²) in [4.78, 5) is 31.6. The molecule has 0 spiro atoms. The summed E-state index contributed by atoms with van der Waals surface area (Å²) >= 11 is 1.61. The summed E-state index contributed by atoms with van der Waals surface area (Å²) in [5.41, 5.74) is 5.66. The predicted octanol–water partition coefficient (Wildman–Crippen LogP) is 7.45. The van der Waals surface area contributed by atoms with Gasteiger partial charge in [0.2, 0.25) is 0 Å². The fourth-order valence-electron chi connectivity index (χ4n) is 5.05. The third-order valence-electron chi connectivity index (χ3n) is 7.42. The molecule has 228 valence electrons. The molecule has 5 aromatic rings. The summed E-state index contributed by atoms with van der Waals surface area (Å²) in [5.74, 6) is -1.06. The smallest absolute Gasteiger partial charge is 0.251 e. The Balaban J connectivity index is 1.40. The molecule has 0 radical (unpaired) electrons. The van der Waals surface area contributed by atoms with Gasteiger partial charge in [-0.3, -0.25) is 9.59 Å². The maximum atomic E-state index is 13.7. The van der Waals surface area contributed by atoms with Crippen LogP contribution in [0.5, 0.6) is 0 Å². The molecule has 0 saturated carbocycles. The second-order valence-electron chi connectivity index (χ2n) is 10.7. The van der Waals surface area contributed by atoms with Gasteiger partial charge in [-0.05, 0) is 101 Å². The van der Waals surface area contributed by atoms with Crippen LogP contribution in [0.3, 0.4) is 0 Å². The lowest BCUT2D eigenvalue weighted by atomic mass is 9.95. The summed E-state index contributed by atoms with van der Waals surface area (Å²) in [6.07, 6.45) is 10.6. The minimum absolute atomic E-state index is 0.0931. The van der Waals surface area contributed by atoms with Gasteiger partial charge in [-0.1, -0.05) is 48.5 Å². The molecular weight excluding hydrogens is 588 g/mol. The van der Waals surface area contributed by atoms with Crippen molar-refractivity contribution < 1.29 is 18.4 Å². The Bertz CT molecular complexity index is 1780. The Morgan fingerprint density at radius 2 is 1.64 bits per heavy atom. The number of Topliss-reactive ketones (excluding diaryl/α,β-unsaturated/α-hetero) is 1. The van der Waals surface area contributed by atoms with Gasteiger partial charge in [-0.15, -0.1) is 11.8 Å². The molecule has 8 heteroatoms. The number of carbonyl (C=O) groups is 2. The number of aryl methyl sites for hydroxylation is 2. The van der Waals surface area contributed by atoms with Gasteiger partial charge in [0.05, 0.1) is 12.9 Å². The second kappa shape index (κ2) is 15.3. The van der Waals surface area contributed by atoms with Gasteiger partial charge in [0, 0.05) is 35.8 Å². The monoisotopic (exact) mass is 621 g/mol.